The van der Waals surface area contributed by atoms with Gasteiger partial charge in [-0.1, -0.05) is 23.7 Å². The van der Waals surface area contributed by atoms with E-state index < -0.39 is 24.6 Å². The maximum absolute atomic E-state index is 13.1. The molecule has 0 fully saturated rings. The maximum atomic E-state index is 13.1. The minimum atomic E-state index is -4.47. The minimum absolute atomic E-state index is 0.234. The number of aromatic nitrogens is 2. The molecule has 0 unspecified atom stereocenters. The Morgan fingerprint density at radius 3 is 2.68 bits per heavy atom. The van der Waals surface area contributed by atoms with Crippen LogP contribution < -0.4 is 10.1 Å². The molecule has 1 heterocycles. The Balaban J connectivity index is 1.55. The Morgan fingerprint density at radius 1 is 1.32 bits per heavy atom. The summed E-state index contributed by atoms with van der Waals surface area (Å²) >= 11 is 6.00. The molecular weight excluding hydrogens is 402 g/mol. The second-order valence-corrected chi connectivity index (χ2v) is 6.55. The van der Waals surface area contributed by atoms with Gasteiger partial charge in [0.1, 0.15) is 5.82 Å². The van der Waals surface area contributed by atoms with Crippen LogP contribution in [0.1, 0.15) is 30.1 Å². The quantitative estimate of drug-likeness (QED) is 0.721. The van der Waals surface area contributed by atoms with Gasteiger partial charge in [-0.2, -0.15) is 13.2 Å². The van der Waals surface area contributed by atoms with Crippen molar-refractivity contribution in [2.45, 2.75) is 25.1 Å². The van der Waals surface area contributed by atoms with Crippen LogP contribution in [0.15, 0.2) is 42.2 Å². The van der Waals surface area contributed by atoms with Crippen LogP contribution >= 0.6 is 11.6 Å². The molecule has 0 spiro atoms. The van der Waals surface area contributed by atoms with Crippen LogP contribution in [0.25, 0.3) is 0 Å². The molecule has 1 aromatic carbocycles. The number of amides is 1. The van der Waals surface area contributed by atoms with E-state index >= 15 is 0 Å². The van der Waals surface area contributed by atoms with Gasteiger partial charge in [0.15, 0.2) is 6.61 Å². The summed E-state index contributed by atoms with van der Waals surface area (Å²) in [4.78, 5) is 20.0. The average Bonchev–Trinajstić information content (AvgIpc) is 3.40. The van der Waals surface area contributed by atoms with Crippen LogP contribution in [-0.4, -0.2) is 28.7 Å². The van der Waals surface area contributed by atoms with Crippen LogP contribution in [0.5, 0.6) is 5.88 Å². The minimum Gasteiger partial charge on any atom is -0.467 e. The normalized spacial score (nSPS) is 16.9. The van der Waals surface area contributed by atoms with E-state index in [2.05, 4.69) is 20.0 Å². The lowest BCUT2D eigenvalue weighted by atomic mass is 10.1. The van der Waals surface area contributed by atoms with E-state index in [1.54, 1.807) is 13.0 Å². The lowest BCUT2D eigenvalue weighted by molar-refractivity contribution is -0.154. The van der Waals surface area contributed by atoms with Gasteiger partial charge in [-0.25, -0.2) is 9.37 Å². The first-order valence-corrected chi connectivity index (χ1v) is 8.51. The molecule has 2 aromatic rings. The predicted molar refractivity (Wildman–Crippen MR) is 92.4 cm³/mol. The van der Waals surface area contributed by atoms with Gasteiger partial charge in [0.2, 0.25) is 11.8 Å². The predicted octanol–water partition coefficient (Wildman–Crippen LogP) is 4.11. The van der Waals surface area contributed by atoms with Gasteiger partial charge in [0.05, 0.1) is 24.1 Å². The summed E-state index contributed by atoms with van der Waals surface area (Å²) in [5, 5.41) is 2.95. The van der Waals surface area contributed by atoms with Crippen molar-refractivity contribution in [1.82, 2.24) is 15.3 Å². The Bertz CT molecular complexity index is 916. The summed E-state index contributed by atoms with van der Waals surface area (Å²) in [5.74, 6) is -1.37. The van der Waals surface area contributed by atoms with E-state index in [4.69, 9.17) is 11.6 Å². The lowest BCUT2D eigenvalue weighted by Crippen LogP contribution is -2.27. The summed E-state index contributed by atoms with van der Waals surface area (Å²) in [6.07, 6.45) is -0.488. The lowest BCUT2D eigenvalue weighted by Gasteiger charge is -2.13. The standard InChI is InChI=1S/C18H14ClF4N3O2/c1-9(15-6-25-16(7-24-15)28-8-18(21,22)23)26-17(27)13-5-12(13)11-3-2-10(20)4-14(11)19/h2-7,9,12H,8H2,1H3,(H,26,27)/t9-,12+/m1/s1. The third-order valence-electron chi connectivity index (χ3n) is 3.96. The number of carbonyl (C=O) groups excluding carboxylic acids is 1. The van der Waals surface area contributed by atoms with Crippen LogP contribution in [0, 0.1) is 5.82 Å². The first-order chi connectivity index (χ1) is 13.1. The van der Waals surface area contributed by atoms with Crippen molar-refractivity contribution in [3.63, 3.8) is 0 Å². The van der Waals surface area contributed by atoms with E-state index in [-0.39, 0.29) is 22.7 Å². The zero-order valence-electron chi connectivity index (χ0n) is 14.4. The summed E-state index contributed by atoms with van der Waals surface area (Å²) in [5.41, 5.74) is 1.47. The number of rotatable bonds is 6. The summed E-state index contributed by atoms with van der Waals surface area (Å²) < 4.78 is 54.0. The van der Waals surface area contributed by atoms with Crippen molar-refractivity contribution < 1.29 is 27.1 Å². The van der Waals surface area contributed by atoms with E-state index in [9.17, 15) is 22.4 Å². The fraction of sp³-hybridized carbons (Fsp3) is 0.278. The Labute approximate surface area is 162 Å². The fourth-order valence-corrected chi connectivity index (χ4v) is 2.78. The molecule has 0 radical (unpaired) electrons. The highest BCUT2D eigenvalue weighted by Crippen LogP contribution is 2.42. The molecule has 0 bridgehead atoms. The number of halogens is 5. The number of nitrogens with zero attached hydrogens (tertiary/aromatic N) is 2. The van der Waals surface area contributed by atoms with E-state index in [1.165, 1.54) is 24.4 Å². The SMILES string of the molecule is C[C@@H](NC(=O)C1=C[C@H]1c1ccc(F)cc1Cl)c1cnc(OCC(F)(F)F)cn1. The number of alkyl halides is 3. The van der Waals surface area contributed by atoms with Crippen LogP contribution in [0.4, 0.5) is 17.6 Å². The van der Waals surface area contributed by atoms with Gasteiger partial charge in [-0.15, -0.1) is 0 Å². The topological polar surface area (TPSA) is 64.1 Å². The highest BCUT2D eigenvalue weighted by atomic mass is 35.5. The number of hydrogen-bond acceptors (Lipinski definition) is 4. The van der Waals surface area contributed by atoms with Crippen molar-refractivity contribution in [2.24, 2.45) is 0 Å². The second-order valence-electron chi connectivity index (χ2n) is 6.14. The van der Waals surface area contributed by atoms with Gasteiger partial charge < -0.3 is 10.1 Å². The van der Waals surface area contributed by atoms with Crippen molar-refractivity contribution in [3.05, 3.63) is 64.3 Å². The fourth-order valence-electron chi connectivity index (χ4n) is 2.49. The van der Waals surface area contributed by atoms with Gasteiger partial charge >= 0.3 is 6.18 Å². The molecule has 28 heavy (non-hydrogen) atoms. The van der Waals surface area contributed by atoms with Crippen molar-refractivity contribution in [1.29, 1.82) is 0 Å². The monoisotopic (exact) mass is 415 g/mol. The van der Waals surface area contributed by atoms with Gasteiger partial charge in [-0.05, 0) is 24.6 Å². The van der Waals surface area contributed by atoms with E-state index in [1.807, 2.05) is 0 Å². The number of ether oxygens (including phenoxy) is 1. The van der Waals surface area contributed by atoms with Gasteiger partial charge in [-0.3, -0.25) is 9.78 Å². The van der Waals surface area contributed by atoms with Crippen molar-refractivity contribution in [2.75, 3.05) is 6.61 Å². The first-order valence-electron chi connectivity index (χ1n) is 8.13. The third-order valence-corrected chi connectivity index (χ3v) is 4.28. The third kappa shape index (κ3) is 4.98. The summed E-state index contributed by atoms with van der Waals surface area (Å²) in [7, 11) is 0. The van der Waals surface area contributed by atoms with Gasteiger partial charge in [0.25, 0.3) is 0 Å². The number of allylic oxidation sites excluding steroid dienone is 1. The van der Waals surface area contributed by atoms with E-state index in [0.717, 1.165) is 6.20 Å². The smallest absolute Gasteiger partial charge is 0.422 e. The zero-order chi connectivity index (χ0) is 20.5. The van der Waals surface area contributed by atoms with Gasteiger partial charge in [0, 0.05) is 16.5 Å². The Morgan fingerprint density at radius 2 is 2.07 bits per heavy atom. The summed E-state index contributed by atoms with van der Waals surface area (Å²) in [6.45, 7) is 0.190. The molecule has 5 nitrogen and oxygen atoms in total. The molecule has 3 rings (SSSR count). The molecule has 1 aliphatic rings. The molecule has 0 aliphatic heterocycles. The zero-order valence-corrected chi connectivity index (χ0v) is 15.2. The molecule has 1 N–H and O–H groups in total. The second kappa shape index (κ2) is 7.75. The largest absolute Gasteiger partial charge is 0.467 e. The Kier molecular flexibility index (Phi) is 5.55. The number of benzene rings is 1. The van der Waals surface area contributed by atoms with Crippen molar-refractivity contribution in [3.8, 4) is 5.88 Å². The van der Waals surface area contributed by atoms with E-state index in [0.29, 0.717) is 16.8 Å². The molecule has 1 amide bonds. The molecule has 1 aliphatic carbocycles. The number of nitrogens with one attached hydrogen (secondary N) is 1. The maximum Gasteiger partial charge on any atom is 0.422 e. The molecule has 2 atom stereocenters. The molecule has 0 saturated carbocycles. The molecular formula is C18H14ClF4N3O2. The molecule has 0 saturated heterocycles. The molecule has 148 valence electrons. The van der Waals surface area contributed by atoms with Crippen molar-refractivity contribution >= 4 is 17.5 Å². The molecule has 10 heteroatoms. The van der Waals surface area contributed by atoms with Crippen LogP contribution in [-0.2, 0) is 4.79 Å². The van der Waals surface area contributed by atoms with Crippen LogP contribution in [0.2, 0.25) is 5.02 Å². The number of carbonyl (C=O) groups is 1. The highest BCUT2D eigenvalue weighted by Gasteiger charge is 2.34. The highest BCUT2D eigenvalue weighted by molar-refractivity contribution is 6.31. The van der Waals surface area contributed by atoms with Crippen LogP contribution in [0.3, 0.4) is 0 Å². The Hall–Kier alpha value is -2.68. The average molecular weight is 416 g/mol. The molecule has 1 aromatic heterocycles. The number of hydrogen-bond donors (Lipinski definition) is 1. The first kappa shape index (κ1) is 20.1. The summed E-state index contributed by atoms with van der Waals surface area (Å²) in [6, 6.07) is 3.43.